The molecule has 34 heavy (non-hydrogen) atoms. The molecule has 5 rings (SSSR count). The molecule has 0 amide bonds. The molecule has 2 atom stereocenters. The van der Waals surface area contributed by atoms with E-state index >= 15 is 0 Å². The molecular weight excluding hydrogens is 449 g/mol. The molecule has 0 aliphatic carbocycles. The first-order chi connectivity index (χ1) is 16.2. The maximum absolute atomic E-state index is 13.3. The number of halogens is 3. The average Bonchev–Trinajstić information content (AvgIpc) is 3.44. The Hall–Kier alpha value is -3.18. The van der Waals surface area contributed by atoms with Crippen LogP contribution in [0.2, 0.25) is 0 Å². The highest BCUT2D eigenvalue weighted by atomic mass is 19.4. The van der Waals surface area contributed by atoms with Gasteiger partial charge in [-0.25, -0.2) is 9.97 Å². The summed E-state index contributed by atoms with van der Waals surface area (Å²) in [4.78, 5) is 10.6. The molecule has 2 unspecified atom stereocenters. The van der Waals surface area contributed by atoms with Gasteiger partial charge in [-0.15, -0.1) is 0 Å². The first kappa shape index (κ1) is 22.6. The Morgan fingerprint density at radius 2 is 2.06 bits per heavy atom. The van der Waals surface area contributed by atoms with Crippen LogP contribution >= 0.6 is 0 Å². The smallest absolute Gasteiger partial charge is 0.419 e. The number of nitrogen functional groups attached to an aromatic ring is 1. The van der Waals surface area contributed by atoms with Crippen molar-refractivity contribution in [1.82, 2.24) is 24.6 Å². The summed E-state index contributed by atoms with van der Waals surface area (Å²) >= 11 is 0. The summed E-state index contributed by atoms with van der Waals surface area (Å²) in [6.45, 7) is 4.49. The minimum Gasteiger partial charge on any atom is -0.481 e. The second kappa shape index (κ2) is 8.24. The molecule has 0 radical (unpaired) electrons. The lowest BCUT2D eigenvalue weighted by Crippen LogP contribution is -2.41. The van der Waals surface area contributed by atoms with Crippen molar-refractivity contribution in [3.8, 4) is 17.1 Å². The Morgan fingerprint density at radius 3 is 2.82 bits per heavy atom. The first-order valence-electron chi connectivity index (χ1n) is 11.0. The number of fused-ring (bicyclic) bond motifs is 2. The van der Waals surface area contributed by atoms with Gasteiger partial charge in [0.2, 0.25) is 5.88 Å². The molecule has 0 bridgehead atoms. The van der Waals surface area contributed by atoms with Crippen molar-refractivity contribution in [3.05, 3.63) is 53.5 Å². The van der Waals surface area contributed by atoms with Gasteiger partial charge in [0.05, 0.1) is 42.9 Å². The predicted molar refractivity (Wildman–Crippen MR) is 118 cm³/mol. The number of nitrogens with zero attached hydrogens (tertiary/aromatic N) is 5. The van der Waals surface area contributed by atoms with Crippen molar-refractivity contribution in [2.24, 2.45) is 0 Å². The van der Waals surface area contributed by atoms with Crippen molar-refractivity contribution < 1.29 is 22.6 Å². The summed E-state index contributed by atoms with van der Waals surface area (Å²) in [5, 5.41) is 4.58. The highest BCUT2D eigenvalue weighted by Gasteiger charge is 2.47. The van der Waals surface area contributed by atoms with Gasteiger partial charge in [0.1, 0.15) is 11.4 Å². The molecule has 2 aliphatic heterocycles. The van der Waals surface area contributed by atoms with Crippen LogP contribution < -0.4 is 10.5 Å². The lowest BCUT2D eigenvalue weighted by atomic mass is 9.96. The van der Waals surface area contributed by atoms with Crippen molar-refractivity contribution in [2.45, 2.75) is 37.7 Å². The summed E-state index contributed by atoms with van der Waals surface area (Å²) in [6, 6.07) is 8.53. The SMILES string of the molecule is COc1cccc(C(C)N2CCC3(C2)OCCn2nc(-c4cnc(N)c(C(F)(F)F)c4)cc23)n1. The molecule has 0 aromatic carbocycles. The van der Waals surface area contributed by atoms with Gasteiger partial charge in [0, 0.05) is 37.0 Å². The van der Waals surface area contributed by atoms with E-state index in [4.69, 9.17) is 15.2 Å². The van der Waals surface area contributed by atoms with Crippen molar-refractivity contribution in [3.63, 3.8) is 0 Å². The predicted octanol–water partition coefficient (Wildman–Crippen LogP) is 3.64. The molecule has 8 nitrogen and oxygen atoms in total. The zero-order valence-corrected chi connectivity index (χ0v) is 18.8. The van der Waals surface area contributed by atoms with E-state index in [0.29, 0.717) is 31.3 Å². The van der Waals surface area contributed by atoms with Gasteiger partial charge in [-0.1, -0.05) is 6.07 Å². The van der Waals surface area contributed by atoms with Gasteiger partial charge in [0.15, 0.2) is 0 Å². The molecule has 3 aromatic rings. The van der Waals surface area contributed by atoms with E-state index in [1.54, 1.807) is 7.11 Å². The molecular formula is C23H25F3N6O2. The molecule has 180 valence electrons. The number of hydrogen-bond donors (Lipinski definition) is 1. The fourth-order valence-electron chi connectivity index (χ4n) is 4.77. The van der Waals surface area contributed by atoms with E-state index in [1.807, 2.05) is 28.9 Å². The fraction of sp³-hybridized carbons (Fsp3) is 0.435. The van der Waals surface area contributed by atoms with E-state index in [1.165, 1.54) is 6.20 Å². The van der Waals surface area contributed by atoms with Crippen molar-refractivity contribution in [1.29, 1.82) is 0 Å². The normalized spacial score (nSPS) is 21.6. The van der Waals surface area contributed by atoms with Crippen LogP contribution in [0.5, 0.6) is 5.88 Å². The van der Waals surface area contributed by atoms with Gasteiger partial charge in [-0.2, -0.15) is 18.3 Å². The lowest BCUT2D eigenvalue weighted by molar-refractivity contribution is -0.137. The van der Waals surface area contributed by atoms with E-state index in [9.17, 15) is 13.2 Å². The van der Waals surface area contributed by atoms with Crippen LogP contribution in [-0.4, -0.2) is 51.5 Å². The summed E-state index contributed by atoms with van der Waals surface area (Å²) in [7, 11) is 1.59. The first-order valence-corrected chi connectivity index (χ1v) is 11.0. The van der Waals surface area contributed by atoms with Gasteiger partial charge in [0.25, 0.3) is 0 Å². The monoisotopic (exact) mass is 474 g/mol. The molecule has 2 aliphatic rings. The van der Waals surface area contributed by atoms with E-state index < -0.39 is 23.2 Å². The number of alkyl halides is 3. The van der Waals surface area contributed by atoms with Crippen LogP contribution in [0.3, 0.4) is 0 Å². The maximum Gasteiger partial charge on any atom is 0.419 e. The zero-order valence-electron chi connectivity index (χ0n) is 18.8. The number of aromatic nitrogens is 4. The molecule has 1 fully saturated rings. The van der Waals surface area contributed by atoms with E-state index in [2.05, 4.69) is 26.9 Å². The number of likely N-dealkylation sites (tertiary alicyclic amines) is 1. The van der Waals surface area contributed by atoms with Crippen molar-refractivity contribution >= 4 is 5.82 Å². The Balaban J connectivity index is 1.44. The summed E-state index contributed by atoms with van der Waals surface area (Å²) in [6.07, 6.45) is -2.53. The number of ether oxygens (including phenoxy) is 2. The summed E-state index contributed by atoms with van der Waals surface area (Å²) in [5.41, 5.74) is 6.34. The number of anilines is 1. The molecule has 1 saturated heterocycles. The Morgan fingerprint density at radius 1 is 1.24 bits per heavy atom. The Labute approximate surface area is 194 Å². The second-order valence-electron chi connectivity index (χ2n) is 8.64. The van der Waals surface area contributed by atoms with Gasteiger partial charge < -0.3 is 15.2 Å². The Kier molecular flexibility index (Phi) is 5.48. The fourth-order valence-corrected chi connectivity index (χ4v) is 4.77. The number of methoxy groups -OCH3 is 1. The highest BCUT2D eigenvalue weighted by molar-refractivity contribution is 5.63. The van der Waals surface area contributed by atoms with Crippen molar-refractivity contribution in [2.75, 3.05) is 32.5 Å². The zero-order chi connectivity index (χ0) is 24.1. The standard InChI is InChI=1S/C23H25F3N6O2/c1-14(17-4-3-5-20(29-17)33-2)31-7-6-22(13-31)19-11-18(30-32(19)8-9-34-22)15-10-16(23(24,25)26)21(27)28-12-15/h3-5,10-12,14H,6-9,13H2,1-2H3,(H2,27,28). The minimum atomic E-state index is -4.59. The topological polar surface area (TPSA) is 91.3 Å². The lowest BCUT2D eigenvalue weighted by Gasteiger charge is -2.35. The van der Waals surface area contributed by atoms with E-state index in [0.717, 1.165) is 30.4 Å². The molecule has 0 saturated carbocycles. The number of hydrogen-bond acceptors (Lipinski definition) is 7. The van der Waals surface area contributed by atoms with Gasteiger partial charge in [-0.3, -0.25) is 9.58 Å². The third-order valence-electron chi connectivity index (χ3n) is 6.64. The van der Waals surface area contributed by atoms with Crippen LogP contribution in [0.15, 0.2) is 36.5 Å². The highest BCUT2D eigenvalue weighted by Crippen LogP contribution is 2.43. The molecule has 2 N–H and O–H groups in total. The summed E-state index contributed by atoms with van der Waals surface area (Å²) in [5.74, 6) is 0.0110. The average molecular weight is 474 g/mol. The quantitative estimate of drug-likeness (QED) is 0.617. The number of nitrogens with two attached hydrogens (primary N) is 1. The van der Waals surface area contributed by atoms with Crippen LogP contribution in [0.25, 0.3) is 11.3 Å². The molecule has 1 spiro atoms. The Bertz CT molecular complexity index is 1210. The third kappa shape index (κ3) is 3.88. The largest absolute Gasteiger partial charge is 0.481 e. The van der Waals surface area contributed by atoms with Crippen LogP contribution in [-0.2, 0) is 23.1 Å². The number of pyridine rings is 2. The van der Waals surface area contributed by atoms with Gasteiger partial charge in [-0.05, 0) is 31.5 Å². The molecule has 5 heterocycles. The molecule has 11 heteroatoms. The van der Waals surface area contributed by atoms with Gasteiger partial charge >= 0.3 is 6.18 Å². The van der Waals surface area contributed by atoms with Crippen LogP contribution in [0.4, 0.5) is 19.0 Å². The third-order valence-corrected chi connectivity index (χ3v) is 6.64. The number of rotatable bonds is 4. The second-order valence-corrected chi connectivity index (χ2v) is 8.64. The van der Waals surface area contributed by atoms with Crippen LogP contribution in [0, 0.1) is 0 Å². The summed E-state index contributed by atoms with van der Waals surface area (Å²) < 4.78 is 53.4. The van der Waals surface area contributed by atoms with Crippen LogP contribution in [0.1, 0.15) is 36.3 Å². The molecule has 3 aromatic heterocycles. The van der Waals surface area contributed by atoms with E-state index in [-0.39, 0.29) is 11.6 Å². The minimum absolute atomic E-state index is 0.0338. The maximum atomic E-state index is 13.3.